The Morgan fingerprint density at radius 2 is 1.74 bits per heavy atom. The van der Waals surface area contributed by atoms with Gasteiger partial charge in [-0.2, -0.15) is 18.3 Å². The Hall–Kier alpha value is -3.80. The van der Waals surface area contributed by atoms with E-state index in [9.17, 15) is 27.1 Å². The molecule has 2 aliphatic carbocycles. The molecular formula is C27H22F5N5O2. The summed E-state index contributed by atoms with van der Waals surface area (Å²) >= 11 is 0. The number of oxazole rings is 1. The van der Waals surface area contributed by atoms with E-state index in [1.165, 1.54) is 12.3 Å². The highest BCUT2D eigenvalue weighted by Gasteiger charge is 2.65. The van der Waals surface area contributed by atoms with Crippen molar-refractivity contribution < 1.29 is 31.5 Å². The first-order chi connectivity index (χ1) is 18.3. The van der Waals surface area contributed by atoms with Crippen molar-refractivity contribution in [3.05, 3.63) is 77.2 Å². The fraction of sp³-hybridized carbons (Fsp3) is 0.370. The Balaban J connectivity index is 1.45. The van der Waals surface area contributed by atoms with Crippen LogP contribution in [0.1, 0.15) is 62.2 Å². The van der Waals surface area contributed by atoms with Gasteiger partial charge in [0, 0.05) is 6.20 Å². The highest BCUT2D eigenvalue weighted by atomic mass is 19.4. The van der Waals surface area contributed by atoms with E-state index >= 15 is 0 Å². The number of benzene rings is 1. The molecule has 0 saturated heterocycles. The molecular weight excluding hydrogens is 521 g/mol. The van der Waals surface area contributed by atoms with Gasteiger partial charge in [-0.15, -0.1) is 5.10 Å². The fourth-order valence-corrected chi connectivity index (χ4v) is 6.19. The van der Waals surface area contributed by atoms with Crippen LogP contribution in [0.4, 0.5) is 22.0 Å². The van der Waals surface area contributed by atoms with Gasteiger partial charge in [-0.1, -0.05) is 19.9 Å². The van der Waals surface area contributed by atoms with Gasteiger partial charge in [-0.25, -0.2) is 18.7 Å². The molecule has 7 nitrogen and oxygen atoms in total. The third-order valence-corrected chi connectivity index (χ3v) is 8.45. The van der Waals surface area contributed by atoms with Gasteiger partial charge >= 0.3 is 6.18 Å². The first-order valence-corrected chi connectivity index (χ1v) is 12.2. The number of hydrogen-bond donors (Lipinski definition) is 1. The van der Waals surface area contributed by atoms with Gasteiger partial charge in [0.15, 0.2) is 0 Å². The number of aromatic nitrogens is 5. The van der Waals surface area contributed by atoms with Crippen molar-refractivity contribution in [2.24, 2.45) is 5.41 Å². The van der Waals surface area contributed by atoms with Crippen molar-refractivity contribution in [1.29, 1.82) is 0 Å². The Bertz CT molecular complexity index is 1600. The molecule has 3 aromatic heterocycles. The van der Waals surface area contributed by atoms with Crippen molar-refractivity contribution in [1.82, 2.24) is 25.1 Å². The van der Waals surface area contributed by atoms with E-state index in [0.717, 1.165) is 30.4 Å². The maximum absolute atomic E-state index is 14.5. The minimum atomic E-state index is -4.97. The van der Waals surface area contributed by atoms with E-state index in [1.807, 2.05) is 13.8 Å². The standard InChI is InChI=1S/C27H22F5N5O2/c1-24(2)14-7-8-26(24,22-13(14)9-17(36-37-22)21-15(28)5-4-6-16(21)29)19-11-33-10-18(34-19)23-35-20(12-39-23)25(3,38)27(30,31)32/h4-6,9-12,14,38H,7-8H2,1-3H3/t14-,25-,26-/m0/s1. The summed E-state index contributed by atoms with van der Waals surface area (Å²) in [6.45, 7) is 4.69. The zero-order valence-corrected chi connectivity index (χ0v) is 21.0. The number of aliphatic hydroxyl groups is 1. The summed E-state index contributed by atoms with van der Waals surface area (Å²) in [6, 6.07) is 5.28. The van der Waals surface area contributed by atoms with E-state index < -0.39 is 39.9 Å². The molecule has 39 heavy (non-hydrogen) atoms. The van der Waals surface area contributed by atoms with Gasteiger partial charge in [0.1, 0.15) is 29.3 Å². The summed E-state index contributed by atoms with van der Waals surface area (Å²) in [7, 11) is 0. The maximum atomic E-state index is 14.5. The third kappa shape index (κ3) is 3.39. The molecule has 1 fully saturated rings. The fourth-order valence-electron chi connectivity index (χ4n) is 6.19. The van der Waals surface area contributed by atoms with Crippen LogP contribution in [-0.4, -0.2) is 36.4 Å². The molecule has 1 aromatic carbocycles. The second-order valence-electron chi connectivity index (χ2n) is 10.7. The van der Waals surface area contributed by atoms with Gasteiger partial charge in [-0.05, 0) is 54.9 Å². The predicted octanol–water partition coefficient (Wildman–Crippen LogP) is 5.84. The van der Waals surface area contributed by atoms with Gasteiger partial charge in [0.05, 0.1) is 34.3 Å². The highest BCUT2D eigenvalue weighted by Crippen LogP contribution is 2.69. The zero-order valence-electron chi connectivity index (χ0n) is 21.0. The molecule has 0 radical (unpaired) electrons. The topological polar surface area (TPSA) is 97.8 Å². The summed E-state index contributed by atoms with van der Waals surface area (Å²) in [6.07, 6.45) is 0.0253. The van der Waals surface area contributed by atoms with Gasteiger partial charge in [-0.3, -0.25) is 4.98 Å². The van der Waals surface area contributed by atoms with Crippen LogP contribution < -0.4 is 0 Å². The second-order valence-corrected chi connectivity index (χ2v) is 10.7. The van der Waals surface area contributed by atoms with Gasteiger partial charge in [0.25, 0.3) is 0 Å². The minimum absolute atomic E-state index is 0.0164. The molecule has 0 spiro atoms. The third-order valence-electron chi connectivity index (χ3n) is 8.45. The summed E-state index contributed by atoms with van der Waals surface area (Å²) in [5, 5.41) is 18.6. The minimum Gasteiger partial charge on any atom is -0.443 e. The predicted molar refractivity (Wildman–Crippen MR) is 127 cm³/mol. The van der Waals surface area contributed by atoms with Crippen LogP contribution in [0.15, 0.2) is 47.3 Å². The largest absolute Gasteiger partial charge is 0.443 e. The number of nitrogens with zero attached hydrogens (tertiary/aromatic N) is 5. The van der Waals surface area contributed by atoms with E-state index in [4.69, 9.17) is 4.42 Å². The van der Waals surface area contributed by atoms with Crippen LogP contribution >= 0.6 is 0 Å². The smallest absolute Gasteiger partial charge is 0.422 e. The van der Waals surface area contributed by atoms with Gasteiger partial charge < -0.3 is 9.52 Å². The molecule has 3 atom stereocenters. The average molecular weight is 543 g/mol. The monoisotopic (exact) mass is 543 g/mol. The Kier molecular flexibility index (Phi) is 5.29. The molecule has 1 saturated carbocycles. The van der Waals surface area contributed by atoms with Crippen LogP contribution in [0.25, 0.3) is 22.8 Å². The van der Waals surface area contributed by atoms with E-state index in [1.54, 1.807) is 12.3 Å². The van der Waals surface area contributed by atoms with Crippen molar-refractivity contribution in [3.8, 4) is 22.8 Å². The quantitative estimate of drug-likeness (QED) is 0.323. The van der Waals surface area contributed by atoms with E-state index in [0.29, 0.717) is 24.7 Å². The molecule has 1 N–H and O–H groups in total. The molecule has 4 aromatic rings. The summed E-state index contributed by atoms with van der Waals surface area (Å²) in [5.41, 5.74) is -3.31. The highest BCUT2D eigenvalue weighted by molar-refractivity contribution is 5.64. The van der Waals surface area contributed by atoms with Crippen LogP contribution in [0, 0.1) is 17.0 Å². The van der Waals surface area contributed by atoms with Crippen LogP contribution in [0.2, 0.25) is 0 Å². The molecule has 2 aliphatic rings. The first kappa shape index (κ1) is 25.5. The van der Waals surface area contributed by atoms with Crippen molar-refractivity contribution in [3.63, 3.8) is 0 Å². The lowest BCUT2D eigenvalue weighted by molar-refractivity contribution is -0.260. The Morgan fingerprint density at radius 1 is 1.03 bits per heavy atom. The normalized spacial score (nSPS) is 23.1. The molecule has 0 aliphatic heterocycles. The van der Waals surface area contributed by atoms with Crippen LogP contribution in [-0.2, 0) is 11.0 Å². The number of fused-ring (bicyclic) bond motifs is 5. The summed E-state index contributed by atoms with van der Waals surface area (Å²) in [5.74, 6) is -1.73. The molecule has 6 rings (SSSR count). The molecule has 3 heterocycles. The van der Waals surface area contributed by atoms with Crippen molar-refractivity contribution in [2.75, 3.05) is 0 Å². The Labute approximate surface area is 219 Å². The number of hydrogen-bond acceptors (Lipinski definition) is 7. The summed E-state index contributed by atoms with van der Waals surface area (Å²) in [4.78, 5) is 12.8. The molecule has 0 unspecified atom stereocenters. The average Bonchev–Trinajstić information content (AvgIpc) is 3.52. The molecule has 202 valence electrons. The molecule has 12 heteroatoms. The van der Waals surface area contributed by atoms with Crippen LogP contribution in [0.3, 0.4) is 0 Å². The molecule has 2 bridgehead atoms. The van der Waals surface area contributed by atoms with Crippen molar-refractivity contribution >= 4 is 0 Å². The van der Waals surface area contributed by atoms with E-state index in [-0.39, 0.29) is 28.8 Å². The number of alkyl halides is 3. The zero-order chi connectivity index (χ0) is 28.0. The number of rotatable bonds is 4. The van der Waals surface area contributed by atoms with E-state index in [2.05, 4.69) is 25.1 Å². The lowest BCUT2D eigenvalue weighted by atomic mass is 9.66. The Morgan fingerprint density at radius 3 is 2.44 bits per heavy atom. The lowest BCUT2D eigenvalue weighted by Crippen LogP contribution is -2.39. The first-order valence-electron chi connectivity index (χ1n) is 12.2. The number of halogens is 5. The maximum Gasteiger partial charge on any atom is 0.422 e. The lowest BCUT2D eigenvalue weighted by Gasteiger charge is -2.37. The molecule has 0 amide bonds. The van der Waals surface area contributed by atoms with Crippen molar-refractivity contribution in [2.45, 2.75) is 56.7 Å². The van der Waals surface area contributed by atoms with Gasteiger partial charge in [0.2, 0.25) is 11.5 Å². The van der Waals surface area contributed by atoms with Crippen LogP contribution in [0.5, 0.6) is 0 Å². The summed E-state index contributed by atoms with van der Waals surface area (Å²) < 4.78 is 74.1. The second kappa shape index (κ2) is 8.10. The SMILES string of the molecule is CC1(C)[C@H]2CC[C@]1(c1cncc(-c3nc([C@](C)(O)C(F)(F)F)co3)n1)c1nnc(-c3c(F)cccc3F)cc12.